The van der Waals surface area contributed by atoms with Crippen molar-refractivity contribution in [3.05, 3.63) is 35.6 Å². The van der Waals surface area contributed by atoms with E-state index >= 15 is 0 Å². The van der Waals surface area contributed by atoms with Gasteiger partial charge in [0.2, 0.25) is 0 Å². The summed E-state index contributed by atoms with van der Waals surface area (Å²) >= 11 is 0. The second-order valence-corrected chi connectivity index (χ2v) is 5.84. The minimum absolute atomic E-state index is 0.0855. The lowest BCUT2D eigenvalue weighted by molar-refractivity contribution is 0.261. The second kappa shape index (κ2) is 7.04. The number of rotatable bonds is 5. The van der Waals surface area contributed by atoms with Crippen LogP contribution in [-0.2, 0) is 0 Å². The van der Waals surface area contributed by atoms with Crippen molar-refractivity contribution in [3.63, 3.8) is 0 Å². The van der Waals surface area contributed by atoms with Gasteiger partial charge < -0.3 is 5.32 Å². The van der Waals surface area contributed by atoms with E-state index in [0.717, 1.165) is 17.9 Å². The summed E-state index contributed by atoms with van der Waals surface area (Å²) in [6.45, 7) is 4.39. The van der Waals surface area contributed by atoms with Gasteiger partial charge in [-0.05, 0) is 38.2 Å². The Hall–Kier alpha value is -0.890. The summed E-state index contributed by atoms with van der Waals surface area (Å²) in [4.78, 5) is 0. The molecule has 1 N–H and O–H groups in total. The van der Waals surface area contributed by atoms with E-state index in [1.165, 1.54) is 32.1 Å². The number of halogens is 1. The van der Waals surface area contributed by atoms with Gasteiger partial charge in [-0.1, -0.05) is 44.4 Å². The zero-order valence-corrected chi connectivity index (χ0v) is 12.2. The first kappa shape index (κ1) is 14.5. The molecule has 0 heterocycles. The summed E-state index contributed by atoms with van der Waals surface area (Å²) < 4.78 is 13.9. The van der Waals surface area contributed by atoms with E-state index in [2.05, 4.69) is 19.2 Å². The Bertz CT molecular complexity index is 385. The van der Waals surface area contributed by atoms with Crippen LogP contribution in [0.5, 0.6) is 0 Å². The summed E-state index contributed by atoms with van der Waals surface area (Å²) in [5.41, 5.74) is 0.813. The summed E-state index contributed by atoms with van der Waals surface area (Å²) in [5.74, 6) is 0.673. The molecule has 1 fully saturated rings. The van der Waals surface area contributed by atoms with Crippen LogP contribution in [0.4, 0.5) is 4.39 Å². The SMILES string of the molecule is CCC(NC(C)C1CCCCC1)c1ccccc1F. The fourth-order valence-corrected chi connectivity index (χ4v) is 3.27. The van der Waals surface area contributed by atoms with Crippen LogP contribution in [0.25, 0.3) is 0 Å². The van der Waals surface area contributed by atoms with Gasteiger partial charge >= 0.3 is 0 Å². The minimum atomic E-state index is -0.0855. The van der Waals surface area contributed by atoms with Gasteiger partial charge in [-0.2, -0.15) is 0 Å². The van der Waals surface area contributed by atoms with Crippen LogP contribution >= 0.6 is 0 Å². The van der Waals surface area contributed by atoms with Gasteiger partial charge in [0.25, 0.3) is 0 Å². The van der Waals surface area contributed by atoms with Crippen LogP contribution in [0.2, 0.25) is 0 Å². The van der Waals surface area contributed by atoms with Gasteiger partial charge in [-0.15, -0.1) is 0 Å². The highest BCUT2D eigenvalue weighted by molar-refractivity contribution is 5.21. The predicted molar refractivity (Wildman–Crippen MR) is 78.6 cm³/mol. The molecule has 1 aromatic rings. The molecule has 0 aromatic heterocycles. The number of hydrogen-bond acceptors (Lipinski definition) is 1. The monoisotopic (exact) mass is 263 g/mol. The maximum absolute atomic E-state index is 13.9. The third-order valence-electron chi connectivity index (χ3n) is 4.51. The maximum Gasteiger partial charge on any atom is 0.127 e. The van der Waals surface area contributed by atoms with Crippen LogP contribution in [0.1, 0.15) is 64.0 Å². The van der Waals surface area contributed by atoms with Crippen LogP contribution < -0.4 is 5.32 Å². The van der Waals surface area contributed by atoms with Crippen molar-refractivity contribution in [2.75, 3.05) is 0 Å². The lowest BCUT2D eigenvalue weighted by Gasteiger charge is -2.31. The molecule has 1 aromatic carbocycles. The normalized spacial score (nSPS) is 20.2. The molecule has 2 unspecified atom stereocenters. The fraction of sp³-hybridized carbons (Fsp3) is 0.647. The molecule has 0 bridgehead atoms. The summed E-state index contributed by atoms with van der Waals surface area (Å²) in [6.07, 6.45) is 7.66. The molecule has 1 saturated carbocycles. The third kappa shape index (κ3) is 3.79. The molecule has 2 rings (SSSR count). The van der Waals surface area contributed by atoms with Gasteiger partial charge in [-0.3, -0.25) is 0 Å². The van der Waals surface area contributed by atoms with E-state index in [4.69, 9.17) is 0 Å². The van der Waals surface area contributed by atoms with Crippen LogP contribution in [0.15, 0.2) is 24.3 Å². The molecular weight excluding hydrogens is 237 g/mol. The van der Waals surface area contributed by atoms with Gasteiger partial charge in [0.05, 0.1) is 0 Å². The molecule has 1 nitrogen and oxygen atoms in total. The van der Waals surface area contributed by atoms with E-state index in [-0.39, 0.29) is 11.9 Å². The standard InChI is InChI=1S/C17H26FN/c1-3-17(15-11-7-8-12-16(15)18)19-13(2)14-9-5-4-6-10-14/h7-8,11-14,17,19H,3-6,9-10H2,1-2H3. The van der Waals surface area contributed by atoms with E-state index in [1.54, 1.807) is 12.1 Å². The Morgan fingerprint density at radius 2 is 1.89 bits per heavy atom. The first-order chi connectivity index (χ1) is 9.22. The van der Waals surface area contributed by atoms with E-state index < -0.39 is 0 Å². The minimum Gasteiger partial charge on any atom is -0.307 e. The Kier molecular flexibility index (Phi) is 5.38. The molecule has 106 valence electrons. The van der Waals surface area contributed by atoms with Crippen molar-refractivity contribution >= 4 is 0 Å². The van der Waals surface area contributed by atoms with E-state index in [1.807, 2.05) is 12.1 Å². The Labute approximate surface area is 116 Å². The van der Waals surface area contributed by atoms with Crippen molar-refractivity contribution < 1.29 is 4.39 Å². The molecule has 0 spiro atoms. The Balaban J connectivity index is 2.00. The van der Waals surface area contributed by atoms with Crippen molar-refractivity contribution in [1.82, 2.24) is 5.32 Å². The molecule has 19 heavy (non-hydrogen) atoms. The molecule has 0 amide bonds. The number of benzene rings is 1. The van der Waals surface area contributed by atoms with Crippen molar-refractivity contribution in [2.45, 2.75) is 64.5 Å². The fourth-order valence-electron chi connectivity index (χ4n) is 3.27. The quantitative estimate of drug-likeness (QED) is 0.802. The first-order valence-corrected chi connectivity index (χ1v) is 7.72. The van der Waals surface area contributed by atoms with Gasteiger partial charge in [0.1, 0.15) is 5.82 Å². The lowest BCUT2D eigenvalue weighted by Crippen LogP contribution is -2.37. The van der Waals surface area contributed by atoms with Gasteiger partial charge in [0, 0.05) is 17.6 Å². The van der Waals surface area contributed by atoms with Crippen LogP contribution in [0.3, 0.4) is 0 Å². The zero-order chi connectivity index (χ0) is 13.7. The molecular formula is C17H26FN. The molecule has 0 radical (unpaired) electrons. The zero-order valence-electron chi connectivity index (χ0n) is 12.2. The topological polar surface area (TPSA) is 12.0 Å². The van der Waals surface area contributed by atoms with Gasteiger partial charge in [0.15, 0.2) is 0 Å². The predicted octanol–water partition coefficient (Wildman–Crippen LogP) is 4.84. The average molecular weight is 263 g/mol. The summed E-state index contributed by atoms with van der Waals surface area (Å²) in [5, 5.41) is 3.65. The number of nitrogens with one attached hydrogen (secondary N) is 1. The Morgan fingerprint density at radius 3 is 2.53 bits per heavy atom. The lowest BCUT2D eigenvalue weighted by atomic mass is 9.84. The van der Waals surface area contributed by atoms with Crippen LogP contribution in [0, 0.1) is 11.7 Å². The van der Waals surface area contributed by atoms with Crippen molar-refractivity contribution in [3.8, 4) is 0 Å². The third-order valence-corrected chi connectivity index (χ3v) is 4.51. The number of hydrogen-bond donors (Lipinski definition) is 1. The first-order valence-electron chi connectivity index (χ1n) is 7.72. The van der Waals surface area contributed by atoms with Crippen molar-refractivity contribution in [2.24, 2.45) is 5.92 Å². The molecule has 2 heteroatoms. The Morgan fingerprint density at radius 1 is 1.21 bits per heavy atom. The van der Waals surface area contributed by atoms with Gasteiger partial charge in [-0.25, -0.2) is 4.39 Å². The van der Waals surface area contributed by atoms with E-state index in [9.17, 15) is 4.39 Å². The molecule has 1 aliphatic rings. The molecule has 2 atom stereocenters. The smallest absolute Gasteiger partial charge is 0.127 e. The van der Waals surface area contributed by atoms with Crippen molar-refractivity contribution in [1.29, 1.82) is 0 Å². The highest BCUT2D eigenvalue weighted by Crippen LogP contribution is 2.28. The van der Waals surface area contributed by atoms with E-state index in [0.29, 0.717) is 6.04 Å². The molecule has 0 saturated heterocycles. The highest BCUT2D eigenvalue weighted by Gasteiger charge is 2.23. The summed E-state index contributed by atoms with van der Waals surface area (Å²) in [6, 6.07) is 7.77. The highest BCUT2D eigenvalue weighted by atomic mass is 19.1. The van der Waals surface area contributed by atoms with Crippen LogP contribution in [-0.4, -0.2) is 6.04 Å². The maximum atomic E-state index is 13.9. The summed E-state index contributed by atoms with van der Waals surface area (Å²) in [7, 11) is 0. The second-order valence-electron chi connectivity index (χ2n) is 5.84. The average Bonchev–Trinajstić information content (AvgIpc) is 2.46. The largest absolute Gasteiger partial charge is 0.307 e. The molecule has 0 aliphatic heterocycles. The molecule has 1 aliphatic carbocycles.